The third-order valence-corrected chi connectivity index (χ3v) is 4.74. The highest BCUT2D eigenvalue weighted by molar-refractivity contribution is 14.0. The Morgan fingerprint density at radius 1 is 1.09 bits per heavy atom. The summed E-state index contributed by atoms with van der Waals surface area (Å²) in [4.78, 5) is 20.9. The van der Waals surface area contributed by atoms with Crippen molar-refractivity contribution in [2.24, 2.45) is 4.99 Å². The molecule has 32 heavy (non-hydrogen) atoms. The molecule has 3 aromatic rings. The zero-order valence-corrected chi connectivity index (χ0v) is 21.4. The average molecular weight is 549 g/mol. The molecule has 8 heteroatoms. The second-order valence-electron chi connectivity index (χ2n) is 8.40. The van der Waals surface area contributed by atoms with E-state index in [1.54, 1.807) is 29.1 Å². The van der Waals surface area contributed by atoms with Crippen molar-refractivity contribution in [1.29, 1.82) is 0 Å². The van der Waals surface area contributed by atoms with Crippen molar-refractivity contribution in [2.45, 2.75) is 52.7 Å². The van der Waals surface area contributed by atoms with Crippen LogP contribution in [-0.4, -0.2) is 22.1 Å². The number of benzene rings is 1. The maximum absolute atomic E-state index is 11.9. The lowest BCUT2D eigenvalue weighted by Crippen LogP contribution is -2.36. The fraction of sp³-hybridized carbons (Fsp3) is 0.375. The van der Waals surface area contributed by atoms with Crippen LogP contribution in [-0.2, 0) is 25.0 Å². The van der Waals surface area contributed by atoms with E-state index in [1.807, 2.05) is 37.3 Å². The lowest BCUT2D eigenvalue weighted by molar-refractivity contribution is 0.379. The van der Waals surface area contributed by atoms with E-state index in [-0.39, 0.29) is 35.0 Å². The second-order valence-corrected chi connectivity index (χ2v) is 8.40. The van der Waals surface area contributed by atoms with E-state index < -0.39 is 0 Å². The Morgan fingerprint density at radius 3 is 2.44 bits per heavy atom. The van der Waals surface area contributed by atoms with Gasteiger partial charge < -0.3 is 19.6 Å². The number of hydrogen-bond donors (Lipinski definition) is 2. The molecule has 1 aromatic carbocycles. The molecule has 3 rings (SSSR count). The third kappa shape index (κ3) is 7.51. The van der Waals surface area contributed by atoms with Crippen LogP contribution >= 0.6 is 24.0 Å². The zero-order chi connectivity index (χ0) is 22.3. The molecular formula is C24H32IN5O2. The van der Waals surface area contributed by atoms with E-state index in [0.717, 1.165) is 23.4 Å². The summed E-state index contributed by atoms with van der Waals surface area (Å²) in [6.07, 6.45) is 3.58. The molecular weight excluding hydrogens is 517 g/mol. The Morgan fingerprint density at radius 2 is 1.81 bits per heavy atom. The van der Waals surface area contributed by atoms with Crippen LogP contribution in [0.3, 0.4) is 0 Å². The van der Waals surface area contributed by atoms with Crippen molar-refractivity contribution in [3.8, 4) is 0 Å². The Kier molecular flexibility index (Phi) is 9.49. The molecule has 0 radical (unpaired) electrons. The summed E-state index contributed by atoms with van der Waals surface area (Å²) < 4.78 is 7.52. The van der Waals surface area contributed by atoms with Gasteiger partial charge in [-0.1, -0.05) is 51.1 Å². The number of hydrogen-bond acceptors (Lipinski definition) is 4. The third-order valence-electron chi connectivity index (χ3n) is 4.74. The molecule has 0 saturated carbocycles. The van der Waals surface area contributed by atoms with Gasteiger partial charge in [0.15, 0.2) is 5.96 Å². The molecule has 0 fully saturated rings. The molecule has 0 spiro atoms. The van der Waals surface area contributed by atoms with E-state index in [2.05, 4.69) is 41.4 Å². The van der Waals surface area contributed by atoms with Crippen LogP contribution < -0.4 is 16.2 Å². The first kappa shape index (κ1) is 25.6. The van der Waals surface area contributed by atoms with Gasteiger partial charge in [0.2, 0.25) is 5.89 Å². The predicted molar refractivity (Wildman–Crippen MR) is 139 cm³/mol. The molecule has 2 heterocycles. The van der Waals surface area contributed by atoms with Gasteiger partial charge in [-0.3, -0.25) is 4.79 Å². The van der Waals surface area contributed by atoms with Crippen molar-refractivity contribution in [3.05, 3.63) is 88.0 Å². The molecule has 0 unspecified atom stereocenters. The van der Waals surface area contributed by atoms with Crippen LogP contribution in [0.2, 0.25) is 0 Å². The van der Waals surface area contributed by atoms with Gasteiger partial charge in [0, 0.05) is 24.2 Å². The van der Waals surface area contributed by atoms with Crippen molar-refractivity contribution >= 4 is 29.9 Å². The monoisotopic (exact) mass is 549 g/mol. The van der Waals surface area contributed by atoms with Gasteiger partial charge in [-0.25, -0.2) is 9.98 Å². The van der Waals surface area contributed by atoms with Crippen molar-refractivity contribution in [1.82, 2.24) is 20.2 Å². The van der Waals surface area contributed by atoms with Gasteiger partial charge >= 0.3 is 0 Å². The number of oxazole rings is 1. The van der Waals surface area contributed by atoms with Crippen LogP contribution in [0.4, 0.5) is 0 Å². The number of aliphatic imine (C=N–C) groups is 1. The first-order valence-electron chi connectivity index (χ1n) is 10.6. The second kappa shape index (κ2) is 11.8. The van der Waals surface area contributed by atoms with Gasteiger partial charge in [-0.15, -0.1) is 24.0 Å². The number of halogens is 1. The summed E-state index contributed by atoms with van der Waals surface area (Å²) in [5.74, 6) is 2.21. The van der Waals surface area contributed by atoms with Crippen LogP contribution in [0.25, 0.3) is 0 Å². The summed E-state index contributed by atoms with van der Waals surface area (Å²) in [5.41, 5.74) is 2.10. The Balaban J connectivity index is 0.00000363. The van der Waals surface area contributed by atoms with Crippen LogP contribution in [0.1, 0.15) is 50.5 Å². The highest BCUT2D eigenvalue weighted by Gasteiger charge is 2.19. The molecule has 0 aliphatic heterocycles. The van der Waals surface area contributed by atoms with Crippen molar-refractivity contribution < 1.29 is 4.42 Å². The van der Waals surface area contributed by atoms with Gasteiger partial charge in [0.05, 0.1) is 25.8 Å². The molecule has 2 aromatic heterocycles. The van der Waals surface area contributed by atoms with Gasteiger partial charge in [0.25, 0.3) is 5.56 Å². The number of guanidine groups is 1. The van der Waals surface area contributed by atoms with Crippen LogP contribution in [0.5, 0.6) is 0 Å². The Bertz CT molecular complexity index is 1060. The minimum absolute atomic E-state index is 0. The quantitative estimate of drug-likeness (QED) is 0.264. The molecule has 0 amide bonds. The number of rotatable bonds is 7. The smallest absolute Gasteiger partial charge is 0.250 e. The first-order valence-corrected chi connectivity index (χ1v) is 10.6. The number of nitrogens with one attached hydrogen (secondary N) is 2. The molecule has 0 atom stereocenters. The maximum atomic E-state index is 11.9. The molecule has 172 valence electrons. The van der Waals surface area contributed by atoms with Crippen molar-refractivity contribution in [2.75, 3.05) is 6.54 Å². The lowest BCUT2D eigenvalue weighted by atomic mass is 9.94. The van der Waals surface area contributed by atoms with Gasteiger partial charge in [-0.2, -0.15) is 0 Å². The average Bonchev–Trinajstić information content (AvgIpc) is 3.22. The summed E-state index contributed by atoms with van der Waals surface area (Å²) in [7, 11) is 0. The van der Waals surface area contributed by atoms with Gasteiger partial charge in [-0.05, 0) is 24.1 Å². The molecule has 0 bridgehead atoms. The summed E-state index contributed by atoms with van der Waals surface area (Å²) in [6, 6.07) is 13.3. The summed E-state index contributed by atoms with van der Waals surface area (Å²) in [6.45, 7) is 10.6. The van der Waals surface area contributed by atoms with Crippen LogP contribution in [0, 0.1) is 0 Å². The SMILES string of the molecule is CCNC(=NCc1ccc(Cn2ccccc2=O)cc1)NCc1ncc(C(C)(C)C)o1.I. The van der Waals surface area contributed by atoms with Gasteiger partial charge in [0.1, 0.15) is 5.76 Å². The topological polar surface area (TPSA) is 84.5 Å². The highest BCUT2D eigenvalue weighted by Crippen LogP contribution is 2.22. The minimum Gasteiger partial charge on any atom is -0.443 e. The van der Waals surface area contributed by atoms with Crippen molar-refractivity contribution in [3.63, 3.8) is 0 Å². The van der Waals surface area contributed by atoms with E-state index >= 15 is 0 Å². The number of pyridine rings is 1. The minimum atomic E-state index is -0.0652. The van der Waals surface area contributed by atoms with Crippen LogP contribution in [0.15, 0.2) is 69.1 Å². The largest absolute Gasteiger partial charge is 0.443 e. The molecule has 0 aliphatic rings. The molecule has 7 nitrogen and oxygen atoms in total. The van der Waals surface area contributed by atoms with E-state index in [4.69, 9.17) is 4.42 Å². The Hall–Kier alpha value is -2.62. The normalized spacial score (nSPS) is 11.7. The standard InChI is InChI=1S/C24H31N5O2.HI/c1-5-25-23(28-16-21-26-15-20(31-21)24(2,3)4)27-14-18-9-11-19(12-10-18)17-29-13-7-6-8-22(29)30;/h6-13,15H,5,14,16-17H2,1-4H3,(H2,25,27,28);1H. The maximum Gasteiger partial charge on any atom is 0.250 e. The Labute approximate surface area is 206 Å². The number of aromatic nitrogens is 2. The summed E-state index contributed by atoms with van der Waals surface area (Å²) in [5, 5.41) is 6.51. The molecule has 0 aliphatic carbocycles. The highest BCUT2D eigenvalue weighted by atomic mass is 127. The predicted octanol–water partition coefficient (Wildman–Crippen LogP) is 4.06. The van der Waals surface area contributed by atoms with E-state index in [0.29, 0.717) is 31.5 Å². The molecule has 2 N–H and O–H groups in total. The fourth-order valence-electron chi connectivity index (χ4n) is 2.95. The fourth-order valence-corrected chi connectivity index (χ4v) is 2.95. The van der Waals surface area contributed by atoms with E-state index in [9.17, 15) is 4.79 Å². The molecule has 0 saturated heterocycles. The van der Waals surface area contributed by atoms with E-state index in [1.165, 1.54) is 0 Å². The number of nitrogens with zero attached hydrogens (tertiary/aromatic N) is 3. The first-order chi connectivity index (χ1) is 14.8. The summed E-state index contributed by atoms with van der Waals surface area (Å²) >= 11 is 0. The lowest BCUT2D eigenvalue weighted by Gasteiger charge is -2.13. The zero-order valence-electron chi connectivity index (χ0n) is 19.1.